The van der Waals surface area contributed by atoms with Crippen LogP contribution in [0.15, 0.2) is 18.2 Å². The van der Waals surface area contributed by atoms with Crippen molar-refractivity contribution in [2.24, 2.45) is 0 Å². The molecule has 1 aliphatic carbocycles. The SMILES string of the molecule is CNc1ccc([N+](=O)[O-])cc1C(=O)N1CCO[C@@H]2CCCC[C@H]21. The zero-order valence-electron chi connectivity index (χ0n) is 13.2. The van der Waals surface area contributed by atoms with E-state index in [0.29, 0.717) is 24.4 Å². The Kier molecular flexibility index (Phi) is 4.47. The summed E-state index contributed by atoms with van der Waals surface area (Å²) in [6, 6.07) is 4.44. The van der Waals surface area contributed by atoms with Crippen LogP contribution in [0, 0.1) is 10.1 Å². The lowest BCUT2D eigenvalue weighted by Gasteiger charge is -2.43. The van der Waals surface area contributed by atoms with Crippen molar-refractivity contribution in [3.8, 4) is 0 Å². The highest BCUT2D eigenvalue weighted by Crippen LogP contribution is 2.31. The second-order valence-corrected chi connectivity index (χ2v) is 6.00. The van der Waals surface area contributed by atoms with Crippen LogP contribution in [0.5, 0.6) is 0 Å². The van der Waals surface area contributed by atoms with Gasteiger partial charge >= 0.3 is 0 Å². The normalized spacial score (nSPS) is 24.0. The smallest absolute Gasteiger partial charge is 0.270 e. The topological polar surface area (TPSA) is 84.7 Å². The van der Waals surface area contributed by atoms with Crippen molar-refractivity contribution in [1.82, 2.24) is 4.90 Å². The second-order valence-electron chi connectivity index (χ2n) is 6.00. The molecule has 1 saturated carbocycles. The average Bonchev–Trinajstić information content (AvgIpc) is 2.60. The van der Waals surface area contributed by atoms with Gasteiger partial charge in [-0.2, -0.15) is 0 Å². The fourth-order valence-electron chi connectivity index (χ4n) is 3.54. The molecule has 0 bridgehead atoms. The molecular weight excluding hydrogens is 298 g/mol. The van der Waals surface area contributed by atoms with Crippen molar-refractivity contribution in [3.05, 3.63) is 33.9 Å². The molecule has 0 radical (unpaired) electrons. The summed E-state index contributed by atoms with van der Waals surface area (Å²) in [6.45, 7) is 1.06. The number of fused-ring (bicyclic) bond motifs is 1. The number of nitrogens with zero attached hydrogens (tertiary/aromatic N) is 2. The van der Waals surface area contributed by atoms with Gasteiger partial charge in [0.25, 0.3) is 11.6 Å². The van der Waals surface area contributed by atoms with Crippen molar-refractivity contribution in [2.45, 2.75) is 37.8 Å². The monoisotopic (exact) mass is 319 g/mol. The van der Waals surface area contributed by atoms with E-state index < -0.39 is 4.92 Å². The minimum absolute atomic E-state index is 0.0687. The van der Waals surface area contributed by atoms with E-state index in [1.54, 1.807) is 13.1 Å². The molecular formula is C16H21N3O4. The Morgan fingerprint density at radius 2 is 2.17 bits per heavy atom. The van der Waals surface area contributed by atoms with E-state index in [4.69, 9.17) is 4.74 Å². The molecule has 2 fully saturated rings. The van der Waals surface area contributed by atoms with Gasteiger partial charge in [-0.3, -0.25) is 14.9 Å². The maximum atomic E-state index is 13.0. The van der Waals surface area contributed by atoms with Gasteiger partial charge in [0.1, 0.15) is 0 Å². The highest BCUT2D eigenvalue weighted by molar-refractivity contribution is 6.00. The zero-order chi connectivity index (χ0) is 16.4. The maximum Gasteiger partial charge on any atom is 0.270 e. The molecule has 3 rings (SSSR count). The third kappa shape index (κ3) is 3.01. The number of hydrogen-bond donors (Lipinski definition) is 1. The van der Waals surface area contributed by atoms with Crippen LogP contribution in [-0.2, 0) is 4.74 Å². The molecule has 1 aromatic carbocycles. The van der Waals surface area contributed by atoms with Crippen LogP contribution in [0.4, 0.5) is 11.4 Å². The molecule has 0 aromatic heterocycles. The number of nitro benzene ring substituents is 1. The maximum absolute atomic E-state index is 13.0. The number of nitro groups is 1. The minimum Gasteiger partial charge on any atom is -0.387 e. The number of non-ortho nitro benzene ring substituents is 1. The highest BCUT2D eigenvalue weighted by atomic mass is 16.6. The lowest BCUT2D eigenvalue weighted by Crippen LogP contribution is -2.54. The Balaban J connectivity index is 1.92. The predicted octanol–water partition coefficient (Wildman–Crippen LogP) is 2.42. The van der Waals surface area contributed by atoms with Gasteiger partial charge in [0.15, 0.2) is 0 Å². The fraction of sp³-hybridized carbons (Fsp3) is 0.562. The lowest BCUT2D eigenvalue weighted by molar-refractivity contribution is -0.384. The molecule has 7 nitrogen and oxygen atoms in total. The first-order valence-electron chi connectivity index (χ1n) is 8.00. The minimum atomic E-state index is -0.473. The number of carbonyl (C=O) groups is 1. The average molecular weight is 319 g/mol. The largest absolute Gasteiger partial charge is 0.387 e. The van der Waals surface area contributed by atoms with E-state index in [-0.39, 0.29) is 23.7 Å². The third-order valence-electron chi connectivity index (χ3n) is 4.71. The van der Waals surface area contributed by atoms with E-state index in [1.165, 1.54) is 12.1 Å². The van der Waals surface area contributed by atoms with Crippen molar-refractivity contribution in [1.29, 1.82) is 0 Å². The summed E-state index contributed by atoms with van der Waals surface area (Å²) in [7, 11) is 1.71. The van der Waals surface area contributed by atoms with Gasteiger partial charge < -0.3 is 15.0 Å². The number of nitrogens with one attached hydrogen (secondary N) is 1. The van der Waals surface area contributed by atoms with Crippen LogP contribution < -0.4 is 5.32 Å². The number of morpholine rings is 1. The summed E-state index contributed by atoms with van der Waals surface area (Å²) < 4.78 is 5.80. The molecule has 0 unspecified atom stereocenters. The van der Waals surface area contributed by atoms with E-state index in [0.717, 1.165) is 25.7 Å². The Hall–Kier alpha value is -2.15. The van der Waals surface area contributed by atoms with Gasteiger partial charge in [-0.15, -0.1) is 0 Å². The number of amides is 1. The fourth-order valence-corrected chi connectivity index (χ4v) is 3.54. The second kappa shape index (κ2) is 6.54. The molecule has 2 atom stereocenters. The first kappa shape index (κ1) is 15.7. The quantitative estimate of drug-likeness (QED) is 0.683. The molecule has 1 amide bonds. The van der Waals surface area contributed by atoms with Gasteiger partial charge in [0.2, 0.25) is 0 Å². The number of ether oxygens (including phenoxy) is 1. The molecule has 1 aliphatic heterocycles. The third-order valence-corrected chi connectivity index (χ3v) is 4.71. The van der Waals surface area contributed by atoms with E-state index in [9.17, 15) is 14.9 Å². The Bertz CT molecular complexity index is 617. The van der Waals surface area contributed by atoms with Gasteiger partial charge in [-0.25, -0.2) is 0 Å². The van der Waals surface area contributed by atoms with E-state index in [2.05, 4.69) is 5.32 Å². The standard InChI is InChI=1S/C16H21N3O4/c1-17-13-7-6-11(19(21)22)10-12(13)16(20)18-8-9-23-15-5-3-2-4-14(15)18/h6-7,10,14-15,17H,2-5,8-9H2,1H3/t14-,15-/m1/s1. The molecule has 2 aliphatic rings. The first-order chi connectivity index (χ1) is 11.1. The predicted molar refractivity (Wildman–Crippen MR) is 85.7 cm³/mol. The number of hydrogen-bond acceptors (Lipinski definition) is 5. The molecule has 1 aromatic rings. The molecule has 124 valence electrons. The highest BCUT2D eigenvalue weighted by Gasteiger charge is 2.37. The number of anilines is 1. The van der Waals surface area contributed by atoms with Crippen molar-refractivity contribution in [3.63, 3.8) is 0 Å². The Morgan fingerprint density at radius 1 is 1.39 bits per heavy atom. The van der Waals surface area contributed by atoms with Gasteiger partial charge in [-0.1, -0.05) is 12.8 Å². The summed E-state index contributed by atoms with van der Waals surface area (Å²) in [4.78, 5) is 25.4. The molecule has 1 N–H and O–H groups in total. The van der Waals surface area contributed by atoms with E-state index in [1.807, 2.05) is 4.90 Å². The van der Waals surface area contributed by atoms with Crippen molar-refractivity contribution >= 4 is 17.3 Å². The van der Waals surface area contributed by atoms with Crippen molar-refractivity contribution in [2.75, 3.05) is 25.5 Å². The Morgan fingerprint density at radius 3 is 2.91 bits per heavy atom. The van der Waals surface area contributed by atoms with Crippen LogP contribution in [-0.4, -0.2) is 48.1 Å². The Labute approximate surface area is 134 Å². The molecule has 1 heterocycles. The molecule has 1 saturated heterocycles. The number of rotatable bonds is 3. The van der Waals surface area contributed by atoms with Crippen molar-refractivity contribution < 1.29 is 14.5 Å². The lowest BCUT2D eigenvalue weighted by atomic mass is 9.89. The molecule has 7 heteroatoms. The van der Waals surface area contributed by atoms with Gasteiger partial charge in [-0.05, 0) is 18.9 Å². The van der Waals surface area contributed by atoms with Crippen LogP contribution in [0.3, 0.4) is 0 Å². The van der Waals surface area contributed by atoms with Crippen LogP contribution in [0.1, 0.15) is 36.0 Å². The van der Waals surface area contributed by atoms with Crippen LogP contribution in [0.25, 0.3) is 0 Å². The molecule has 23 heavy (non-hydrogen) atoms. The zero-order valence-corrected chi connectivity index (χ0v) is 13.2. The van der Waals surface area contributed by atoms with E-state index >= 15 is 0 Å². The summed E-state index contributed by atoms with van der Waals surface area (Å²) in [5, 5.41) is 14.0. The summed E-state index contributed by atoms with van der Waals surface area (Å²) in [6.07, 6.45) is 4.21. The summed E-state index contributed by atoms with van der Waals surface area (Å²) >= 11 is 0. The van der Waals surface area contributed by atoms with Crippen LogP contribution in [0.2, 0.25) is 0 Å². The molecule has 0 spiro atoms. The van der Waals surface area contributed by atoms with Gasteiger partial charge in [0, 0.05) is 31.4 Å². The summed E-state index contributed by atoms with van der Waals surface area (Å²) in [5.41, 5.74) is 0.896. The number of benzene rings is 1. The first-order valence-corrected chi connectivity index (χ1v) is 8.00. The summed E-state index contributed by atoms with van der Waals surface area (Å²) in [5.74, 6) is -0.154. The van der Waals surface area contributed by atoms with Crippen LogP contribution >= 0.6 is 0 Å². The van der Waals surface area contributed by atoms with Gasteiger partial charge in [0.05, 0.1) is 29.2 Å². The number of carbonyl (C=O) groups excluding carboxylic acids is 1.